The van der Waals surface area contributed by atoms with Crippen LogP contribution in [-0.2, 0) is 13.0 Å². The van der Waals surface area contributed by atoms with Crippen LogP contribution in [0, 0.1) is 0 Å². The molecule has 2 aromatic carbocycles. The third kappa shape index (κ3) is 6.44. The van der Waals surface area contributed by atoms with E-state index in [4.69, 9.17) is 9.47 Å². The minimum atomic E-state index is -4.39. The molecule has 0 aliphatic heterocycles. The lowest BCUT2D eigenvalue weighted by atomic mass is 10.0. The highest BCUT2D eigenvalue weighted by Crippen LogP contribution is 2.33. The highest BCUT2D eigenvalue weighted by Gasteiger charge is 2.28. The highest BCUT2D eigenvalue weighted by molar-refractivity contribution is 5.95. The Labute approximate surface area is 167 Å². The average Bonchev–Trinajstić information content (AvgIpc) is 2.70. The van der Waals surface area contributed by atoms with E-state index in [-0.39, 0.29) is 18.2 Å². The normalized spacial score (nSPS) is 10.9. The van der Waals surface area contributed by atoms with Crippen molar-refractivity contribution < 1.29 is 32.2 Å². The molecule has 0 spiro atoms. The van der Waals surface area contributed by atoms with Crippen LogP contribution >= 0.6 is 0 Å². The van der Waals surface area contributed by atoms with E-state index >= 15 is 0 Å². The Hall–Kier alpha value is -3.16. The van der Waals surface area contributed by atoms with Gasteiger partial charge in [0.1, 0.15) is 5.75 Å². The molecule has 0 atom stereocenters. The van der Waals surface area contributed by atoms with Gasteiger partial charge in [-0.1, -0.05) is 18.2 Å². The van der Waals surface area contributed by atoms with Gasteiger partial charge in [-0.15, -0.1) is 6.58 Å². The van der Waals surface area contributed by atoms with Crippen LogP contribution in [0.1, 0.15) is 21.5 Å². The van der Waals surface area contributed by atoms with Gasteiger partial charge in [0, 0.05) is 17.7 Å². The molecular weight excluding hydrogens is 387 g/mol. The highest BCUT2D eigenvalue weighted by atomic mass is 19.4. The zero-order valence-electron chi connectivity index (χ0n) is 16.1. The molecule has 0 aromatic heterocycles. The summed E-state index contributed by atoms with van der Waals surface area (Å²) in [5.41, 5.74) is 1.87. The number of nitrogens with one attached hydrogen (secondary N) is 1. The molecule has 156 valence electrons. The van der Waals surface area contributed by atoms with Crippen molar-refractivity contribution in [3.63, 3.8) is 0 Å². The van der Waals surface area contributed by atoms with Gasteiger partial charge >= 0.3 is 6.18 Å². The van der Waals surface area contributed by atoms with Crippen molar-refractivity contribution in [3.8, 4) is 17.2 Å². The molecule has 1 N–H and O–H groups in total. The number of hydrogen-bond donors (Lipinski definition) is 1. The fraction of sp³-hybridized carbons (Fsp3) is 0.286. The fourth-order valence-electron chi connectivity index (χ4n) is 2.63. The van der Waals surface area contributed by atoms with E-state index in [0.717, 1.165) is 5.56 Å². The first-order valence-electron chi connectivity index (χ1n) is 8.70. The van der Waals surface area contributed by atoms with Crippen molar-refractivity contribution in [2.24, 2.45) is 0 Å². The Morgan fingerprint density at radius 3 is 2.38 bits per heavy atom. The topological polar surface area (TPSA) is 56.8 Å². The first-order valence-corrected chi connectivity index (χ1v) is 8.70. The maximum absolute atomic E-state index is 12.5. The maximum atomic E-state index is 12.5. The number of methoxy groups -OCH3 is 2. The van der Waals surface area contributed by atoms with Crippen molar-refractivity contribution in [2.45, 2.75) is 19.1 Å². The summed E-state index contributed by atoms with van der Waals surface area (Å²) in [6.45, 7) is 2.55. The molecule has 5 nitrogen and oxygen atoms in total. The molecule has 0 radical (unpaired) electrons. The van der Waals surface area contributed by atoms with E-state index in [1.54, 1.807) is 30.3 Å². The molecule has 0 bridgehead atoms. The van der Waals surface area contributed by atoms with Gasteiger partial charge in [-0.25, -0.2) is 0 Å². The van der Waals surface area contributed by atoms with Gasteiger partial charge in [0.15, 0.2) is 18.1 Å². The predicted octanol–water partition coefficient (Wildman–Crippen LogP) is 4.30. The van der Waals surface area contributed by atoms with Gasteiger partial charge in [-0.05, 0) is 36.2 Å². The van der Waals surface area contributed by atoms with Gasteiger partial charge in [-0.2, -0.15) is 13.2 Å². The lowest BCUT2D eigenvalue weighted by molar-refractivity contribution is -0.153. The summed E-state index contributed by atoms with van der Waals surface area (Å²) in [7, 11) is 3.01. The summed E-state index contributed by atoms with van der Waals surface area (Å²) in [4.78, 5) is 12.5. The molecule has 0 saturated heterocycles. The first kappa shape index (κ1) is 22.1. The first-order chi connectivity index (χ1) is 13.8. The van der Waals surface area contributed by atoms with Crippen LogP contribution in [-0.4, -0.2) is 32.9 Å². The van der Waals surface area contributed by atoms with Crippen molar-refractivity contribution in [1.82, 2.24) is 5.32 Å². The number of allylic oxidation sites excluding steroid dienone is 1. The Kier molecular flexibility index (Phi) is 7.52. The number of rotatable bonds is 9. The van der Waals surface area contributed by atoms with E-state index < -0.39 is 12.8 Å². The largest absolute Gasteiger partial charge is 0.493 e. The zero-order valence-corrected chi connectivity index (χ0v) is 16.1. The number of ether oxygens (including phenoxy) is 3. The molecule has 0 heterocycles. The summed E-state index contributed by atoms with van der Waals surface area (Å²) in [6.07, 6.45) is -2.20. The lowest BCUT2D eigenvalue weighted by Crippen LogP contribution is -2.23. The second kappa shape index (κ2) is 9.86. The molecule has 0 fully saturated rings. The van der Waals surface area contributed by atoms with Crippen LogP contribution < -0.4 is 19.5 Å². The van der Waals surface area contributed by atoms with Gasteiger partial charge < -0.3 is 19.5 Å². The SMILES string of the molecule is C=CCc1cc(C(=O)NCc2ccc(OCC(F)(F)F)cc2)cc(OC)c1OC. The smallest absolute Gasteiger partial charge is 0.422 e. The molecule has 0 aliphatic carbocycles. The molecule has 1 amide bonds. The minimum Gasteiger partial charge on any atom is -0.493 e. The standard InChI is InChI=1S/C21H22F3NO4/c1-4-5-15-10-16(11-18(27-2)19(15)28-3)20(26)25-12-14-6-8-17(9-7-14)29-13-21(22,23)24/h4,6-11H,1,5,12-13H2,2-3H3,(H,25,26). The number of hydrogen-bond acceptors (Lipinski definition) is 4. The van der Waals surface area contributed by atoms with E-state index in [2.05, 4.69) is 16.6 Å². The molecule has 2 rings (SSSR count). The van der Waals surface area contributed by atoms with Crippen molar-refractivity contribution in [2.75, 3.05) is 20.8 Å². The molecule has 2 aromatic rings. The predicted molar refractivity (Wildman–Crippen MR) is 103 cm³/mol. The van der Waals surface area contributed by atoms with Crippen LogP contribution in [0.25, 0.3) is 0 Å². The Balaban J connectivity index is 2.05. The Morgan fingerprint density at radius 1 is 1.14 bits per heavy atom. The van der Waals surface area contributed by atoms with E-state index in [9.17, 15) is 18.0 Å². The summed E-state index contributed by atoms with van der Waals surface area (Å²) in [6, 6.07) is 9.30. The molecule has 29 heavy (non-hydrogen) atoms. The minimum absolute atomic E-state index is 0.103. The number of amides is 1. The summed E-state index contributed by atoms with van der Waals surface area (Å²) in [5.74, 6) is 0.751. The number of benzene rings is 2. The Morgan fingerprint density at radius 2 is 1.83 bits per heavy atom. The third-order valence-electron chi connectivity index (χ3n) is 3.96. The second-order valence-electron chi connectivity index (χ2n) is 6.09. The van der Waals surface area contributed by atoms with E-state index in [0.29, 0.717) is 29.0 Å². The fourth-order valence-corrected chi connectivity index (χ4v) is 2.63. The zero-order chi connectivity index (χ0) is 21.4. The van der Waals surface area contributed by atoms with Crippen LogP contribution in [0.3, 0.4) is 0 Å². The summed E-state index contributed by atoms with van der Waals surface area (Å²) in [5, 5.41) is 2.77. The van der Waals surface area contributed by atoms with E-state index in [1.807, 2.05) is 0 Å². The lowest BCUT2D eigenvalue weighted by Gasteiger charge is -2.14. The van der Waals surface area contributed by atoms with Gasteiger partial charge in [-0.3, -0.25) is 4.79 Å². The molecule has 0 saturated carbocycles. The van der Waals surface area contributed by atoms with Gasteiger partial charge in [0.05, 0.1) is 14.2 Å². The molecular formula is C21H22F3NO4. The van der Waals surface area contributed by atoms with Gasteiger partial charge in [0.25, 0.3) is 5.91 Å². The average molecular weight is 409 g/mol. The van der Waals surface area contributed by atoms with Crippen LogP contribution in [0.5, 0.6) is 17.2 Å². The monoisotopic (exact) mass is 409 g/mol. The molecule has 0 aliphatic rings. The summed E-state index contributed by atoms with van der Waals surface area (Å²) < 4.78 is 51.8. The third-order valence-corrected chi connectivity index (χ3v) is 3.96. The van der Waals surface area contributed by atoms with Crippen LogP contribution in [0.4, 0.5) is 13.2 Å². The quantitative estimate of drug-likeness (QED) is 0.628. The maximum Gasteiger partial charge on any atom is 0.422 e. The summed E-state index contributed by atoms with van der Waals surface area (Å²) >= 11 is 0. The van der Waals surface area contributed by atoms with Crippen molar-refractivity contribution in [3.05, 3.63) is 65.7 Å². The number of halogens is 3. The van der Waals surface area contributed by atoms with Crippen molar-refractivity contribution in [1.29, 1.82) is 0 Å². The number of alkyl halides is 3. The van der Waals surface area contributed by atoms with Crippen molar-refractivity contribution >= 4 is 5.91 Å². The van der Waals surface area contributed by atoms with Gasteiger partial charge in [0.2, 0.25) is 0 Å². The second-order valence-corrected chi connectivity index (χ2v) is 6.09. The van der Waals surface area contributed by atoms with Crippen LogP contribution in [0.2, 0.25) is 0 Å². The Bertz CT molecular complexity index is 848. The number of carbonyl (C=O) groups is 1. The molecule has 8 heteroatoms. The van der Waals surface area contributed by atoms with Crippen LogP contribution in [0.15, 0.2) is 49.1 Å². The van der Waals surface area contributed by atoms with E-state index in [1.165, 1.54) is 26.4 Å². The molecule has 0 unspecified atom stereocenters. The number of carbonyl (C=O) groups excluding carboxylic acids is 1.